The van der Waals surface area contributed by atoms with E-state index in [9.17, 15) is 4.79 Å². The second-order valence-electron chi connectivity index (χ2n) is 5.78. The quantitative estimate of drug-likeness (QED) is 0.856. The van der Waals surface area contributed by atoms with Crippen LogP contribution >= 0.6 is 0 Å². The lowest BCUT2D eigenvalue weighted by Gasteiger charge is -2.32. The summed E-state index contributed by atoms with van der Waals surface area (Å²) < 4.78 is 10.5. The molecule has 0 radical (unpaired) electrons. The molecule has 3 rings (SSSR count). The number of nitrogens with zero attached hydrogens (tertiary/aromatic N) is 1. The van der Waals surface area contributed by atoms with Crippen molar-refractivity contribution in [3.63, 3.8) is 0 Å². The number of carbonyl (C=O) groups is 1. The van der Waals surface area contributed by atoms with Crippen LogP contribution in [0.5, 0.6) is 0 Å². The van der Waals surface area contributed by atoms with Gasteiger partial charge in [-0.1, -0.05) is 12.1 Å². The third kappa shape index (κ3) is 4.34. The number of hydrogen-bond acceptors (Lipinski definition) is 4. The van der Waals surface area contributed by atoms with Gasteiger partial charge in [0.25, 0.3) is 0 Å². The molecule has 0 unspecified atom stereocenters. The molecular formula is C19H22N2O3. The predicted octanol–water partition coefficient (Wildman–Crippen LogP) is 3.32. The number of amides is 1. The van der Waals surface area contributed by atoms with Crippen LogP contribution in [-0.4, -0.2) is 37.1 Å². The van der Waals surface area contributed by atoms with Gasteiger partial charge >= 0.3 is 0 Å². The molecule has 1 fully saturated rings. The van der Waals surface area contributed by atoms with Gasteiger partial charge in [0, 0.05) is 30.9 Å². The van der Waals surface area contributed by atoms with Crippen LogP contribution in [0.1, 0.15) is 24.3 Å². The molecular weight excluding hydrogens is 304 g/mol. The van der Waals surface area contributed by atoms with E-state index in [1.807, 2.05) is 12.1 Å². The molecule has 0 aliphatic carbocycles. The third-order valence-electron chi connectivity index (χ3n) is 4.20. The number of hydrogen-bond donors (Lipinski definition) is 1. The van der Waals surface area contributed by atoms with E-state index in [-0.39, 0.29) is 5.91 Å². The average Bonchev–Trinajstić information content (AvgIpc) is 3.14. The number of anilines is 1. The maximum absolute atomic E-state index is 11.9. The first-order valence-electron chi connectivity index (χ1n) is 8.17. The predicted molar refractivity (Wildman–Crippen MR) is 93.6 cm³/mol. The van der Waals surface area contributed by atoms with Crippen LogP contribution in [0.3, 0.4) is 0 Å². The maximum Gasteiger partial charge on any atom is 0.248 e. The molecule has 1 aromatic carbocycles. The highest BCUT2D eigenvalue weighted by Crippen LogP contribution is 2.22. The van der Waals surface area contributed by atoms with E-state index in [0.717, 1.165) is 32.0 Å². The third-order valence-corrected chi connectivity index (χ3v) is 4.20. The van der Waals surface area contributed by atoms with Gasteiger partial charge in [0.15, 0.2) is 0 Å². The van der Waals surface area contributed by atoms with Crippen LogP contribution in [0.25, 0.3) is 6.08 Å². The van der Waals surface area contributed by atoms with Crippen molar-refractivity contribution >= 4 is 17.7 Å². The van der Waals surface area contributed by atoms with Crippen LogP contribution in [-0.2, 0) is 9.53 Å². The molecule has 1 aliphatic rings. The molecule has 1 N–H and O–H groups in total. The van der Waals surface area contributed by atoms with Gasteiger partial charge in [-0.2, -0.15) is 0 Å². The Labute approximate surface area is 141 Å². The molecule has 1 amide bonds. The molecule has 126 valence electrons. The molecule has 24 heavy (non-hydrogen) atoms. The van der Waals surface area contributed by atoms with Crippen LogP contribution in [0.15, 0.2) is 53.2 Å². The topological polar surface area (TPSA) is 54.7 Å². The van der Waals surface area contributed by atoms with Gasteiger partial charge < -0.3 is 14.5 Å². The van der Waals surface area contributed by atoms with Crippen molar-refractivity contribution in [1.82, 2.24) is 4.90 Å². The molecule has 0 saturated carbocycles. The van der Waals surface area contributed by atoms with Crippen molar-refractivity contribution in [2.24, 2.45) is 0 Å². The fourth-order valence-corrected chi connectivity index (χ4v) is 2.75. The number of furan rings is 1. The molecule has 1 aromatic heterocycles. The van der Waals surface area contributed by atoms with E-state index in [1.54, 1.807) is 24.5 Å². The summed E-state index contributed by atoms with van der Waals surface area (Å²) in [6, 6.07) is 11.9. The number of rotatable bonds is 5. The Hall–Kier alpha value is -2.37. The Morgan fingerprint density at radius 3 is 2.62 bits per heavy atom. The molecule has 0 spiro atoms. The Bertz CT molecular complexity index is 671. The van der Waals surface area contributed by atoms with E-state index in [0.29, 0.717) is 11.8 Å². The minimum Gasteiger partial charge on any atom is -0.465 e. The van der Waals surface area contributed by atoms with Crippen molar-refractivity contribution in [2.45, 2.75) is 13.0 Å². The van der Waals surface area contributed by atoms with Crippen molar-refractivity contribution in [3.05, 3.63) is 60.1 Å². The van der Waals surface area contributed by atoms with Gasteiger partial charge in [-0.05, 0) is 42.8 Å². The van der Waals surface area contributed by atoms with Crippen molar-refractivity contribution in [3.8, 4) is 0 Å². The first-order valence-corrected chi connectivity index (χ1v) is 8.17. The maximum atomic E-state index is 11.9. The van der Waals surface area contributed by atoms with Crippen molar-refractivity contribution < 1.29 is 13.9 Å². The SMILES string of the molecule is C[C@@H](c1ccc(NC(=O)/C=C/c2ccco2)cc1)N1CCOCC1. The van der Waals surface area contributed by atoms with Crippen molar-refractivity contribution in [2.75, 3.05) is 31.6 Å². The number of nitrogens with one attached hydrogen (secondary N) is 1. The van der Waals surface area contributed by atoms with Crippen LogP contribution in [0, 0.1) is 0 Å². The first-order chi connectivity index (χ1) is 11.7. The molecule has 5 heteroatoms. The fourth-order valence-electron chi connectivity index (χ4n) is 2.75. The second kappa shape index (κ2) is 7.95. The van der Waals surface area contributed by atoms with E-state index < -0.39 is 0 Å². The van der Waals surface area contributed by atoms with Crippen LogP contribution in [0.4, 0.5) is 5.69 Å². The summed E-state index contributed by atoms with van der Waals surface area (Å²) in [4.78, 5) is 14.3. The Kier molecular flexibility index (Phi) is 5.46. The molecule has 1 saturated heterocycles. The summed E-state index contributed by atoms with van der Waals surface area (Å²) in [5, 5.41) is 2.85. The van der Waals surface area contributed by atoms with Gasteiger partial charge in [-0.25, -0.2) is 0 Å². The second-order valence-corrected chi connectivity index (χ2v) is 5.78. The summed E-state index contributed by atoms with van der Waals surface area (Å²) in [6.45, 7) is 5.69. The summed E-state index contributed by atoms with van der Waals surface area (Å²) in [6.07, 6.45) is 4.68. The normalized spacial score (nSPS) is 17.0. The molecule has 2 heterocycles. The van der Waals surface area contributed by atoms with Crippen molar-refractivity contribution in [1.29, 1.82) is 0 Å². The number of benzene rings is 1. The number of ether oxygens (including phenoxy) is 1. The minimum atomic E-state index is -0.180. The summed E-state index contributed by atoms with van der Waals surface area (Å²) in [5.41, 5.74) is 2.02. The molecule has 5 nitrogen and oxygen atoms in total. The van der Waals surface area contributed by atoms with E-state index >= 15 is 0 Å². The van der Waals surface area contributed by atoms with Crippen LogP contribution in [0.2, 0.25) is 0 Å². The van der Waals surface area contributed by atoms with Gasteiger partial charge in [0.1, 0.15) is 5.76 Å². The first kappa shape index (κ1) is 16.5. The largest absolute Gasteiger partial charge is 0.465 e. The summed E-state index contributed by atoms with van der Waals surface area (Å²) in [7, 11) is 0. The summed E-state index contributed by atoms with van der Waals surface area (Å²) in [5.74, 6) is 0.472. The Morgan fingerprint density at radius 1 is 1.21 bits per heavy atom. The Balaban J connectivity index is 1.56. The fraction of sp³-hybridized carbons (Fsp3) is 0.316. The number of carbonyl (C=O) groups excluding carboxylic acids is 1. The highest BCUT2D eigenvalue weighted by Gasteiger charge is 2.18. The number of morpholine rings is 1. The lowest BCUT2D eigenvalue weighted by atomic mass is 10.1. The molecule has 2 aromatic rings. The van der Waals surface area contributed by atoms with Gasteiger partial charge in [-0.3, -0.25) is 9.69 Å². The minimum absolute atomic E-state index is 0.180. The zero-order chi connectivity index (χ0) is 16.8. The lowest BCUT2D eigenvalue weighted by molar-refractivity contribution is -0.111. The highest BCUT2D eigenvalue weighted by molar-refractivity contribution is 6.01. The standard InChI is InChI=1S/C19H22N2O3/c1-15(21-10-13-23-14-11-21)16-4-6-17(7-5-16)20-19(22)9-8-18-3-2-12-24-18/h2-9,12,15H,10-11,13-14H2,1H3,(H,20,22)/b9-8+/t15-/m0/s1. The van der Waals surface area contributed by atoms with E-state index in [1.165, 1.54) is 11.6 Å². The van der Waals surface area contributed by atoms with Gasteiger partial charge in [0.05, 0.1) is 19.5 Å². The lowest BCUT2D eigenvalue weighted by Crippen LogP contribution is -2.37. The zero-order valence-corrected chi connectivity index (χ0v) is 13.8. The van der Waals surface area contributed by atoms with Crippen LogP contribution < -0.4 is 5.32 Å². The Morgan fingerprint density at radius 2 is 1.96 bits per heavy atom. The summed E-state index contributed by atoms with van der Waals surface area (Å²) >= 11 is 0. The molecule has 0 bridgehead atoms. The van der Waals surface area contributed by atoms with E-state index in [4.69, 9.17) is 9.15 Å². The smallest absolute Gasteiger partial charge is 0.248 e. The molecule has 1 aliphatic heterocycles. The monoisotopic (exact) mass is 326 g/mol. The van der Waals surface area contributed by atoms with Gasteiger partial charge in [0.2, 0.25) is 5.91 Å². The average molecular weight is 326 g/mol. The highest BCUT2D eigenvalue weighted by atomic mass is 16.5. The van der Waals surface area contributed by atoms with Gasteiger partial charge in [-0.15, -0.1) is 0 Å². The zero-order valence-electron chi connectivity index (χ0n) is 13.8. The van der Waals surface area contributed by atoms with E-state index in [2.05, 4.69) is 29.3 Å². The molecule has 1 atom stereocenters.